The number of para-hydroxylation sites is 1. The first kappa shape index (κ1) is 10.1. The van der Waals surface area contributed by atoms with Crippen molar-refractivity contribution < 1.29 is 5.11 Å². The third-order valence-corrected chi connectivity index (χ3v) is 2.76. The van der Waals surface area contributed by atoms with Gasteiger partial charge in [-0.25, -0.2) is 4.98 Å². The smallest absolute Gasteiger partial charge is 0.230 e. The molecule has 0 saturated heterocycles. The van der Waals surface area contributed by atoms with Crippen LogP contribution in [0.3, 0.4) is 0 Å². The second-order valence-corrected chi connectivity index (χ2v) is 4.24. The van der Waals surface area contributed by atoms with Crippen molar-refractivity contribution in [1.29, 1.82) is 0 Å². The molecule has 1 aromatic carbocycles. The lowest BCUT2D eigenvalue weighted by atomic mass is 10.3. The molecule has 2 aromatic rings. The summed E-state index contributed by atoms with van der Waals surface area (Å²) < 4.78 is 0. The zero-order valence-corrected chi connectivity index (χ0v) is 9.30. The Morgan fingerprint density at radius 3 is 2.59 bits per heavy atom. The predicted molar refractivity (Wildman–Crippen MR) is 65.4 cm³/mol. The van der Waals surface area contributed by atoms with Gasteiger partial charge in [0, 0.05) is 17.7 Å². The summed E-state index contributed by atoms with van der Waals surface area (Å²) in [7, 11) is 0. The third kappa shape index (κ3) is 2.36. The quantitative estimate of drug-likeness (QED) is 0.846. The van der Waals surface area contributed by atoms with Crippen molar-refractivity contribution in [2.24, 2.45) is 0 Å². The highest BCUT2D eigenvalue weighted by Gasteiger charge is 2.26. The molecule has 0 aliphatic heterocycles. The Morgan fingerprint density at radius 2 is 1.88 bits per heavy atom. The Balaban J connectivity index is 1.87. The molecule has 3 rings (SSSR count). The lowest BCUT2D eigenvalue weighted by Gasteiger charge is -2.06. The molecule has 0 unspecified atom stereocenters. The van der Waals surface area contributed by atoms with Gasteiger partial charge in [-0.15, -0.1) is 0 Å². The number of hydrogen-bond donors (Lipinski definition) is 2. The monoisotopic (exact) mass is 227 g/mol. The van der Waals surface area contributed by atoms with Crippen molar-refractivity contribution in [2.75, 3.05) is 5.32 Å². The van der Waals surface area contributed by atoms with E-state index in [0.29, 0.717) is 11.9 Å². The fourth-order valence-electron chi connectivity index (χ4n) is 1.75. The second kappa shape index (κ2) is 4.05. The summed E-state index contributed by atoms with van der Waals surface area (Å²) >= 11 is 0. The molecule has 1 aliphatic carbocycles. The van der Waals surface area contributed by atoms with Crippen molar-refractivity contribution in [3.63, 3.8) is 0 Å². The second-order valence-electron chi connectivity index (χ2n) is 4.24. The van der Waals surface area contributed by atoms with E-state index in [-0.39, 0.29) is 5.88 Å². The normalized spacial score (nSPS) is 14.6. The number of aromatic nitrogens is 2. The van der Waals surface area contributed by atoms with E-state index in [1.54, 1.807) is 6.07 Å². The summed E-state index contributed by atoms with van der Waals surface area (Å²) in [6, 6.07) is 11.3. The molecule has 4 heteroatoms. The van der Waals surface area contributed by atoms with Crippen molar-refractivity contribution in [3.05, 3.63) is 42.1 Å². The molecule has 1 aliphatic rings. The maximum Gasteiger partial charge on any atom is 0.230 e. The summed E-state index contributed by atoms with van der Waals surface area (Å²) in [6.07, 6.45) is 2.31. The number of nitrogens with zero attached hydrogens (tertiary/aromatic N) is 2. The van der Waals surface area contributed by atoms with Gasteiger partial charge in [-0.2, -0.15) is 4.98 Å². The van der Waals surface area contributed by atoms with Crippen LogP contribution in [0.2, 0.25) is 0 Å². The topological polar surface area (TPSA) is 58.0 Å². The van der Waals surface area contributed by atoms with E-state index in [1.165, 1.54) is 0 Å². The Kier molecular flexibility index (Phi) is 2.40. The molecule has 0 amide bonds. The van der Waals surface area contributed by atoms with Gasteiger partial charge < -0.3 is 10.4 Å². The molecule has 4 nitrogen and oxygen atoms in total. The Labute approximate surface area is 99.4 Å². The zero-order chi connectivity index (χ0) is 11.7. The van der Waals surface area contributed by atoms with E-state index in [0.717, 1.165) is 24.2 Å². The van der Waals surface area contributed by atoms with Crippen LogP contribution in [0, 0.1) is 0 Å². The molecular formula is C13H13N3O. The summed E-state index contributed by atoms with van der Waals surface area (Å²) in [4.78, 5) is 8.38. The molecule has 0 spiro atoms. The van der Waals surface area contributed by atoms with Gasteiger partial charge in [0.1, 0.15) is 0 Å². The van der Waals surface area contributed by atoms with Gasteiger partial charge in [-0.3, -0.25) is 0 Å². The first-order valence-electron chi connectivity index (χ1n) is 5.71. The molecule has 0 bridgehead atoms. The lowest BCUT2D eigenvalue weighted by molar-refractivity contribution is 0.452. The van der Waals surface area contributed by atoms with Crippen LogP contribution in [0.25, 0.3) is 0 Å². The van der Waals surface area contributed by atoms with E-state index in [1.807, 2.05) is 30.3 Å². The van der Waals surface area contributed by atoms with Gasteiger partial charge >= 0.3 is 0 Å². The van der Waals surface area contributed by atoms with Crippen LogP contribution < -0.4 is 5.32 Å². The SMILES string of the molecule is Oc1cc(C2CC2)nc(Nc2ccccc2)n1. The van der Waals surface area contributed by atoms with E-state index in [2.05, 4.69) is 15.3 Å². The van der Waals surface area contributed by atoms with Gasteiger partial charge in [0.15, 0.2) is 0 Å². The fourth-order valence-corrected chi connectivity index (χ4v) is 1.75. The van der Waals surface area contributed by atoms with E-state index >= 15 is 0 Å². The van der Waals surface area contributed by atoms with Gasteiger partial charge in [-0.05, 0) is 25.0 Å². The lowest BCUT2D eigenvalue weighted by Crippen LogP contribution is -1.99. The Bertz CT molecular complexity index is 523. The first-order valence-corrected chi connectivity index (χ1v) is 5.71. The van der Waals surface area contributed by atoms with Gasteiger partial charge in [0.05, 0.1) is 5.69 Å². The first-order chi connectivity index (χ1) is 8.31. The van der Waals surface area contributed by atoms with Gasteiger partial charge in [0.25, 0.3) is 0 Å². The predicted octanol–water partition coefficient (Wildman–Crippen LogP) is 2.80. The van der Waals surface area contributed by atoms with Crippen molar-refractivity contribution in [3.8, 4) is 5.88 Å². The number of anilines is 2. The zero-order valence-electron chi connectivity index (χ0n) is 9.30. The largest absolute Gasteiger partial charge is 0.493 e. The van der Waals surface area contributed by atoms with Crippen LogP contribution in [-0.2, 0) is 0 Å². The standard InChI is InChI=1S/C13H13N3O/c17-12-8-11(9-6-7-9)15-13(16-12)14-10-4-2-1-3-5-10/h1-5,8-9H,6-7H2,(H2,14,15,16,17). The molecule has 1 aromatic heterocycles. The molecule has 17 heavy (non-hydrogen) atoms. The molecule has 1 saturated carbocycles. The number of aromatic hydroxyl groups is 1. The summed E-state index contributed by atoms with van der Waals surface area (Å²) in [5, 5.41) is 12.6. The highest BCUT2D eigenvalue weighted by molar-refractivity contribution is 5.53. The van der Waals surface area contributed by atoms with Crippen LogP contribution >= 0.6 is 0 Å². The van der Waals surface area contributed by atoms with Crippen LogP contribution in [0.4, 0.5) is 11.6 Å². The minimum absolute atomic E-state index is 0.0281. The van der Waals surface area contributed by atoms with Crippen LogP contribution in [0.15, 0.2) is 36.4 Å². The van der Waals surface area contributed by atoms with Crippen LogP contribution in [-0.4, -0.2) is 15.1 Å². The summed E-state index contributed by atoms with van der Waals surface area (Å²) in [5.74, 6) is 0.985. The molecule has 0 atom stereocenters. The molecule has 1 fully saturated rings. The number of nitrogens with one attached hydrogen (secondary N) is 1. The molecule has 1 heterocycles. The van der Waals surface area contributed by atoms with Gasteiger partial charge in [0.2, 0.25) is 11.8 Å². The maximum atomic E-state index is 9.56. The highest BCUT2D eigenvalue weighted by Crippen LogP contribution is 2.40. The Morgan fingerprint density at radius 1 is 1.12 bits per heavy atom. The van der Waals surface area contributed by atoms with Gasteiger partial charge in [-0.1, -0.05) is 18.2 Å². The fraction of sp³-hybridized carbons (Fsp3) is 0.231. The highest BCUT2D eigenvalue weighted by atomic mass is 16.3. The number of rotatable bonds is 3. The van der Waals surface area contributed by atoms with Crippen molar-refractivity contribution >= 4 is 11.6 Å². The van der Waals surface area contributed by atoms with E-state index in [4.69, 9.17) is 0 Å². The molecule has 86 valence electrons. The summed E-state index contributed by atoms with van der Waals surface area (Å²) in [5.41, 5.74) is 1.84. The van der Waals surface area contributed by atoms with Crippen LogP contribution in [0.5, 0.6) is 5.88 Å². The molecular weight excluding hydrogens is 214 g/mol. The van der Waals surface area contributed by atoms with Crippen molar-refractivity contribution in [2.45, 2.75) is 18.8 Å². The number of hydrogen-bond acceptors (Lipinski definition) is 4. The number of benzene rings is 1. The average Bonchev–Trinajstić information content (AvgIpc) is 3.13. The summed E-state index contributed by atoms with van der Waals surface area (Å²) in [6.45, 7) is 0. The minimum atomic E-state index is 0.0281. The average molecular weight is 227 g/mol. The molecule has 0 radical (unpaired) electrons. The van der Waals surface area contributed by atoms with Crippen LogP contribution in [0.1, 0.15) is 24.5 Å². The third-order valence-electron chi connectivity index (χ3n) is 2.76. The van der Waals surface area contributed by atoms with E-state index in [9.17, 15) is 5.11 Å². The van der Waals surface area contributed by atoms with E-state index < -0.39 is 0 Å². The molecule has 2 N–H and O–H groups in total. The Hall–Kier alpha value is -2.10. The van der Waals surface area contributed by atoms with Crippen molar-refractivity contribution in [1.82, 2.24) is 9.97 Å². The minimum Gasteiger partial charge on any atom is -0.493 e. The maximum absolute atomic E-state index is 9.56.